The summed E-state index contributed by atoms with van der Waals surface area (Å²) in [6.45, 7) is 1.68. The van der Waals surface area contributed by atoms with E-state index in [0.29, 0.717) is 11.1 Å². The van der Waals surface area contributed by atoms with Crippen molar-refractivity contribution in [2.75, 3.05) is 6.61 Å². The molecule has 0 unspecified atom stereocenters. The van der Waals surface area contributed by atoms with Crippen LogP contribution in [-0.2, 0) is 14.3 Å². The van der Waals surface area contributed by atoms with Gasteiger partial charge in [0.1, 0.15) is 17.4 Å². The number of nitrogens with two attached hydrogens (primary N) is 1. The third-order valence-electron chi connectivity index (χ3n) is 3.03. The van der Waals surface area contributed by atoms with E-state index in [2.05, 4.69) is 0 Å². The maximum atomic E-state index is 11.9. The van der Waals surface area contributed by atoms with Crippen LogP contribution in [0.2, 0.25) is 0 Å². The number of benzene rings is 1. The molecule has 3 N–H and O–H groups in total. The number of carbonyl (C=O) groups is 2. The van der Waals surface area contributed by atoms with E-state index < -0.39 is 11.9 Å². The highest BCUT2D eigenvalue weighted by Crippen LogP contribution is 2.41. The quantitative estimate of drug-likeness (QED) is 0.493. The Morgan fingerprint density at radius 3 is 2.48 bits per heavy atom. The molecule has 1 aliphatic carbocycles. The second-order valence-corrected chi connectivity index (χ2v) is 4.22. The minimum atomic E-state index is -0.921. The fourth-order valence-electron chi connectivity index (χ4n) is 2.20. The molecule has 0 radical (unpaired) electrons. The molecule has 106 valence electrons. The Morgan fingerprint density at radius 2 is 1.95 bits per heavy atom. The smallest absolute Gasteiger partial charge is 0.349 e. The van der Waals surface area contributed by atoms with Gasteiger partial charge in [0.2, 0.25) is 0 Å². The molecule has 1 aromatic carbocycles. The molecule has 1 amide bonds. The predicted octanol–water partition coefficient (Wildman–Crippen LogP) is 1.29. The molecule has 0 aliphatic heterocycles. The number of primary amides is 1. The number of fused-ring (bicyclic) bond motifs is 1. The third kappa shape index (κ3) is 2.25. The molecule has 21 heavy (non-hydrogen) atoms. The van der Waals surface area contributed by atoms with Crippen molar-refractivity contribution in [2.24, 2.45) is 5.73 Å². The molecule has 1 aliphatic rings. The Labute approximate surface area is 120 Å². The number of ether oxygens (including phenoxy) is 1. The molecule has 6 heteroatoms. The van der Waals surface area contributed by atoms with Gasteiger partial charge in [0, 0.05) is 11.1 Å². The molecule has 0 heterocycles. The van der Waals surface area contributed by atoms with Crippen LogP contribution >= 0.6 is 0 Å². The van der Waals surface area contributed by atoms with Crippen molar-refractivity contribution in [3.8, 4) is 6.07 Å². The molecule has 0 bridgehead atoms. The molecular weight excluding hydrogens is 272 g/mol. The molecular formula is C15H12N2O4. The van der Waals surface area contributed by atoms with Gasteiger partial charge in [-0.25, -0.2) is 4.79 Å². The van der Waals surface area contributed by atoms with Gasteiger partial charge >= 0.3 is 5.97 Å². The number of aliphatic hydroxyl groups excluding tert-OH is 1. The van der Waals surface area contributed by atoms with Gasteiger partial charge in [-0.3, -0.25) is 4.79 Å². The van der Waals surface area contributed by atoms with E-state index in [0.717, 1.165) is 0 Å². The Balaban J connectivity index is 2.79. The lowest BCUT2D eigenvalue weighted by Crippen LogP contribution is -2.17. The minimum Gasteiger partial charge on any atom is -0.506 e. The number of aliphatic hydroxyl groups is 1. The van der Waals surface area contributed by atoms with E-state index in [1.165, 1.54) is 0 Å². The number of rotatable bonds is 3. The molecule has 0 spiro atoms. The second-order valence-electron chi connectivity index (χ2n) is 4.22. The summed E-state index contributed by atoms with van der Waals surface area (Å²) in [5, 5.41) is 19.4. The Morgan fingerprint density at radius 1 is 1.33 bits per heavy atom. The fraction of sp³-hybridized carbons (Fsp3) is 0.133. The van der Waals surface area contributed by atoms with E-state index in [1.54, 1.807) is 37.3 Å². The molecule has 6 nitrogen and oxygen atoms in total. The Hall–Kier alpha value is -3.07. The van der Waals surface area contributed by atoms with Crippen molar-refractivity contribution < 1.29 is 19.4 Å². The van der Waals surface area contributed by atoms with Gasteiger partial charge in [-0.2, -0.15) is 5.26 Å². The van der Waals surface area contributed by atoms with Crippen LogP contribution in [0.4, 0.5) is 0 Å². The Bertz CT molecular complexity index is 738. The summed E-state index contributed by atoms with van der Waals surface area (Å²) in [7, 11) is 0. The molecule has 0 atom stereocenters. The Kier molecular flexibility index (Phi) is 3.76. The summed E-state index contributed by atoms with van der Waals surface area (Å²) in [5.41, 5.74) is 5.42. The summed E-state index contributed by atoms with van der Waals surface area (Å²) in [4.78, 5) is 23.5. The summed E-state index contributed by atoms with van der Waals surface area (Å²) < 4.78 is 4.81. The first-order valence-electron chi connectivity index (χ1n) is 6.17. The van der Waals surface area contributed by atoms with Crippen molar-refractivity contribution in [3.05, 3.63) is 46.5 Å². The third-order valence-corrected chi connectivity index (χ3v) is 3.03. The van der Waals surface area contributed by atoms with Crippen LogP contribution in [-0.4, -0.2) is 23.6 Å². The average Bonchev–Trinajstić information content (AvgIpc) is 2.74. The summed E-state index contributed by atoms with van der Waals surface area (Å²) in [6.07, 6.45) is 0. The van der Waals surface area contributed by atoms with Gasteiger partial charge in [-0.05, 0) is 12.5 Å². The topological polar surface area (TPSA) is 113 Å². The van der Waals surface area contributed by atoms with Crippen LogP contribution in [0.15, 0.2) is 35.4 Å². The number of amides is 1. The maximum Gasteiger partial charge on any atom is 0.349 e. The summed E-state index contributed by atoms with van der Waals surface area (Å²) in [5.74, 6) is -2.13. The zero-order valence-electron chi connectivity index (χ0n) is 11.2. The number of hydrogen-bond donors (Lipinski definition) is 2. The number of nitriles is 1. The lowest BCUT2D eigenvalue weighted by Gasteiger charge is -2.07. The van der Waals surface area contributed by atoms with Gasteiger partial charge in [0.05, 0.1) is 12.2 Å². The van der Waals surface area contributed by atoms with E-state index in [1.807, 2.05) is 0 Å². The second kappa shape index (κ2) is 5.51. The first-order valence-corrected chi connectivity index (χ1v) is 6.17. The lowest BCUT2D eigenvalue weighted by molar-refractivity contribution is -0.137. The van der Waals surface area contributed by atoms with E-state index in [-0.39, 0.29) is 29.1 Å². The molecule has 0 saturated carbocycles. The van der Waals surface area contributed by atoms with Crippen LogP contribution in [0, 0.1) is 11.3 Å². The van der Waals surface area contributed by atoms with E-state index in [4.69, 9.17) is 10.5 Å². The largest absolute Gasteiger partial charge is 0.506 e. The lowest BCUT2D eigenvalue weighted by atomic mass is 9.97. The maximum absolute atomic E-state index is 11.9. The predicted molar refractivity (Wildman–Crippen MR) is 74.4 cm³/mol. The van der Waals surface area contributed by atoms with Gasteiger partial charge in [0.15, 0.2) is 0 Å². The van der Waals surface area contributed by atoms with Gasteiger partial charge in [-0.15, -0.1) is 0 Å². The fourth-order valence-corrected chi connectivity index (χ4v) is 2.20. The van der Waals surface area contributed by atoms with Crippen molar-refractivity contribution in [1.82, 2.24) is 0 Å². The number of nitrogens with zero attached hydrogens (tertiary/aromatic N) is 1. The van der Waals surface area contributed by atoms with Crippen LogP contribution in [0.25, 0.3) is 11.3 Å². The molecule has 1 aromatic rings. The highest BCUT2D eigenvalue weighted by molar-refractivity contribution is 6.23. The molecule has 0 aromatic heterocycles. The number of hydrogen-bond acceptors (Lipinski definition) is 5. The normalized spacial score (nSPS) is 15.2. The summed E-state index contributed by atoms with van der Waals surface area (Å²) in [6, 6.07) is 8.21. The van der Waals surface area contributed by atoms with E-state index in [9.17, 15) is 20.0 Å². The molecule has 0 saturated heterocycles. The summed E-state index contributed by atoms with van der Waals surface area (Å²) >= 11 is 0. The zero-order valence-corrected chi connectivity index (χ0v) is 11.2. The zero-order chi connectivity index (χ0) is 15.6. The SMILES string of the molecule is CCOC(=O)C(C#N)=C1C(C(N)=O)=C(O)c2ccccc21. The molecule has 0 fully saturated rings. The molecule has 2 rings (SSSR count). The first-order chi connectivity index (χ1) is 10.0. The standard InChI is InChI=1S/C15H12N2O4/c1-2-21-15(20)10(7-16)11-8-5-3-4-6-9(8)13(18)12(11)14(17)19/h3-6,18H,2H2,1H3,(H2,17,19). The number of carbonyl (C=O) groups excluding carboxylic acids is 2. The van der Waals surface area contributed by atoms with Crippen LogP contribution in [0.1, 0.15) is 18.1 Å². The van der Waals surface area contributed by atoms with Gasteiger partial charge < -0.3 is 15.6 Å². The minimum absolute atomic E-state index is 0.0107. The van der Waals surface area contributed by atoms with Crippen LogP contribution in [0.3, 0.4) is 0 Å². The first kappa shape index (κ1) is 14.3. The average molecular weight is 284 g/mol. The van der Waals surface area contributed by atoms with Gasteiger partial charge in [-0.1, -0.05) is 24.3 Å². The van der Waals surface area contributed by atoms with Crippen LogP contribution < -0.4 is 5.73 Å². The van der Waals surface area contributed by atoms with Crippen LogP contribution in [0.5, 0.6) is 0 Å². The van der Waals surface area contributed by atoms with Crippen molar-refractivity contribution in [2.45, 2.75) is 6.92 Å². The van der Waals surface area contributed by atoms with Gasteiger partial charge in [0.25, 0.3) is 5.91 Å². The van der Waals surface area contributed by atoms with Crippen molar-refractivity contribution >= 4 is 23.2 Å². The highest BCUT2D eigenvalue weighted by atomic mass is 16.5. The number of esters is 1. The van der Waals surface area contributed by atoms with Crippen molar-refractivity contribution in [1.29, 1.82) is 5.26 Å². The van der Waals surface area contributed by atoms with E-state index >= 15 is 0 Å². The van der Waals surface area contributed by atoms with Crippen molar-refractivity contribution in [3.63, 3.8) is 0 Å². The monoisotopic (exact) mass is 284 g/mol. The highest BCUT2D eigenvalue weighted by Gasteiger charge is 2.34.